The first-order valence-electron chi connectivity index (χ1n) is 6.17. The van der Waals surface area contributed by atoms with Crippen molar-refractivity contribution < 1.29 is 24.4 Å². The standard InChI is InChI=1S/C13H16N2O6/c1-8(5-12(16)17)7-14-13(18)10-4-3-9(15(19)20)6-11(10)21-2/h3-4,6,8H,5,7H2,1-2H3,(H,14,18)(H,16,17). The molecule has 1 amide bonds. The zero-order chi connectivity index (χ0) is 16.0. The van der Waals surface area contributed by atoms with Crippen molar-refractivity contribution in [2.75, 3.05) is 13.7 Å². The number of methoxy groups -OCH3 is 1. The highest BCUT2D eigenvalue weighted by atomic mass is 16.6. The Kier molecular flexibility index (Phi) is 5.65. The van der Waals surface area contributed by atoms with Crippen LogP contribution in [0.15, 0.2) is 18.2 Å². The Bertz CT molecular complexity index is 558. The van der Waals surface area contributed by atoms with Crippen LogP contribution in [0, 0.1) is 16.0 Å². The second kappa shape index (κ2) is 7.22. The fraction of sp³-hybridized carbons (Fsp3) is 0.385. The van der Waals surface area contributed by atoms with Crippen molar-refractivity contribution in [3.05, 3.63) is 33.9 Å². The van der Waals surface area contributed by atoms with E-state index in [1.54, 1.807) is 6.92 Å². The van der Waals surface area contributed by atoms with Crippen molar-refractivity contribution in [1.29, 1.82) is 0 Å². The summed E-state index contributed by atoms with van der Waals surface area (Å²) in [7, 11) is 1.31. The van der Waals surface area contributed by atoms with Crippen LogP contribution in [-0.4, -0.2) is 35.6 Å². The quantitative estimate of drug-likeness (QED) is 0.580. The molecule has 1 aromatic carbocycles. The molecule has 0 saturated heterocycles. The van der Waals surface area contributed by atoms with Crippen LogP contribution in [0.5, 0.6) is 5.75 Å². The molecular formula is C13H16N2O6. The molecule has 2 N–H and O–H groups in total. The van der Waals surface area contributed by atoms with Gasteiger partial charge in [-0.3, -0.25) is 19.7 Å². The molecule has 8 heteroatoms. The van der Waals surface area contributed by atoms with E-state index in [0.717, 1.165) is 6.07 Å². The van der Waals surface area contributed by atoms with Gasteiger partial charge in [0.05, 0.1) is 23.7 Å². The number of nitro groups is 1. The van der Waals surface area contributed by atoms with Gasteiger partial charge >= 0.3 is 5.97 Å². The first-order chi connectivity index (χ1) is 9.85. The van der Waals surface area contributed by atoms with Gasteiger partial charge in [-0.2, -0.15) is 0 Å². The molecular weight excluding hydrogens is 280 g/mol. The van der Waals surface area contributed by atoms with Crippen LogP contribution in [0.4, 0.5) is 5.69 Å². The third-order valence-electron chi connectivity index (χ3n) is 2.77. The molecule has 0 heterocycles. The second-order valence-electron chi connectivity index (χ2n) is 4.55. The third-order valence-corrected chi connectivity index (χ3v) is 2.77. The monoisotopic (exact) mass is 296 g/mol. The maximum atomic E-state index is 12.0. The topological polar surface area (TPSA) is 119 Å². The first kappa shape index (κ1) is 16.4. The molecule has 0 aliphatic carbocycles. The summed E-state index contributed by atoms with van der Waals surface area (Å²) in [5.41, 5.74) is -0.0201. The fourth-order valence-corrected chi connectivity index (χ4v) is 1.71. The Morgan fingerprint density at radius 2 is 2.14 bits per heavy atom. The number of ether oxygens (including phenoxy) is 1. The molecule has 0 aliphatic heterocycles. The lowest BCUT2D eigenvalue weighted by Crippen LogP contribution is -2.29. The van der Waals surface area contributed by atoms with Crippen LogP contribution in [0.1, 0.15) is 23.7 Å². The van der Waals surface area contributed by atoms with E-state index in [2.05, 4.69) is 5.32 Å². The zero-order valence-electron chi connectivity index (χ0n) is 11.7. The average molecular weight is 296 g/mol. The number of amides is 1. The molecule has 21 heavy (non-hydrogen) atoms. The van der Waals surface area contributed by atoms with Gasteiger partial charge in [-0.1, -0.05) is 6.92 Å². The number of nitrogens with zero attached hydrogens (tertiary/aromatic N) is 1. The Hall–Kier alpha value is -2.64. The van der Waals surface area contributed by atoms with E-state index in [9.17, 15) is 19.7 Å². The Labute approximate surface area is 120 Å². The summed E-state index contributed by atoms with van der Waals surface area (Å²) >= 11 is 0. The second-order valence-corrected chi connectivity index (χ2v) is 4.55. The van der Waals surface area contributed by atoms with Crippen molar-refractivity contribution in [2.24, 2.45) is 5.92 Å². The molecule has 1 rings (SSSR count). The molecule has 8 nitrogen and oxygen atoms in total. The molecule has 0 saturated carbocycles. The summed E-state index contributed by atoms with van der Waals surface area (Å²) < 4.78 is 4.97. The highest BCUT2D eigenvalue weighted by molar-refractivity contribution is 5.97. The Balaban J connectivity index is 2.78. The van der Waals surface area contributed by atoms with E-state index in [-0.39, 0.29) is 35.9 Å². The predicted octanol–water partition coefficient (Wildman–Crippen LogP) is 1.44. The lowest BCUT2D eigenvalue weighted by molar-refractivity contribution is -0.384. The number of carbonyl (C=O) groups is 2. The minimum absolute atomic E-state index is 0.0579. The van der Waals surface area contributed by atoms with Crippen LogP contribution in [0.2, 0.25) is 0 Å². The Morgan fingerprint density at radius 1 is 1.48 bits per heavy atom. The van der Waals surface area contributed by atoms with Gasteiger partial charge in [-0.05, 0) is 12.0 Å². The fourth-order valence-electron chi connectivity index (χ4n) is 1.71. The van der Waals surface area contributed by atoms with E-state index in [1.807, 2.05) is 0 Å². The van der Waals surface area contributed by atoms with E-state index >= 15 is 0 Å². The van der Waals surface area contributed by atoms with Gasteiger partial charge in [-0.25, -0.2) is 0 Å². The molecule has 0 aliphatic rings. The van der Waals surface area contributed by atoms with Crippen molar-refractivity contribution in [1.82, 2.24) is 5.32 Å². The van der Waals surface area contributed by atoms with Gasteiger partial charge in [0.1, 0.15) is 5.75 Å². The maximum absolute atomic E-state index is 12.0. The smallest absolute Gasteiger partial charge is 0.303 e. The van der Waals surface area contributed by atoms with Crippen LogP contribution in [0.3, 0.4) is 0 Å². The lowest BCUT2D eigenvalue weighted by atomic mass is 10.1. The number of carboxylic acids is 1. The molecule has 0 radical (unpaired) electrons. The molecule has 1 atom stereocenters. The average Bonchev–Trinajstić information content (AvgIpc) is 2.43. The summed E-state index contributed by atoms with van der Waals surface area (Å²) in [6.07, 6.45) is -0.0579. The van der Waals surface area contributed by atoms with Gasteiger partial charge in [0.2, 0.25) is 0 Å². The Morgan fingerprint density at radius 3 is 2.67 bits per heavy atom. The summed E-state index contributed by atoms with van der Waals surface area (Å²) in [5.74, 6) is -1.55. The van der Waals surface area contributed by atoms with E-state index in [4.69, 9.17) is 9.84 Å². The first-order valence-corrected chi connectivity index (χ1v) is 6.17. The van der Waals surface area contributed by atoms with Gasteiger partial charge in [0.15, 0.2) is 0 Å². The van der Waals surface area contributed by atoms with Crippen molar-refractivity contribution >= 4 is 17.6 Å². The molecule has 114 valence electrons. The van der Waals surface area contributed by atoms with Gasteiger partial charge in [0, 0.05) is 19.0 Å². The highest BCUT2D eigenvalue weighted by Crippen LogP contribution is 2.24. The molecule has 1 aromatic rings. The van der Waals surface area contributed by atoms with Crippen LogP contribution >= 0.6 is 0 Å². The summed E-state index contributed by atoms with van der Waals surface area (Å²) in [6, 6.07) is 3.67. The molecule has 0 bridgehead atoms. The number of aliphatic carboxylic acids is 1. The van der Waals surface area contributed by atoms with Crippen LogP contribution in [0.25, 0.3) is 0 Å². The highest BCUT2D eigenvalue weighted by Gasteiger charge is 2.17. The molecule has 0 aromatic heterocycles. The summed E-state index contributed by atoms with van der Waals surface area (Å²) in [6.45, 7) is 1.88. The summed E-state index contributed by atoms with van der Waals surface area (Å²) in [5, 5.41) is 21.9. The van der Waals surface area contributed by atoms with Crippen molar-refractivity contribution in [3.63, 3.8) is 0 Å². The normalized spacial score (nSPS) is 11.5. The number of nitrogens with one attached hydrogen (secondary N) is 1. The zero-order valence-corrected chi connectivity index (χ0v) is 11.7. The number of benzene rings is 1. The minimum Gasteiger partial charge on any atom is -0.496 e. The maximum Gasteiger partial charge on any atom is 0.303 e. The van der Waals surface area contributed by atoms with Gasteiger partial charge < -0.3 is 15.2 Å². The van der Waals surface area contributed by atoms with E-state index in [1.165, 1.54) is 19.2 Å². The van der Waals surface area contributed by atoms with Crippen LogP contribution in [-0.2, 0) is 4.79 Å². The largest absolute Gasteiger partial charge is 0.496 e. The van der Waals surface area contributed by atoms with Gasteiger partial charge in [0.25, 0.3) is 11.6 Å². The van der Waals surface area contributed by atoms with Crippen molar-refractivity contribution in [3.8, 4) is 5.75 Å². The lowest BCUT2D eigenvalue weighted by Gasteiger charge is -2.12. The minimum atomic E-state index is -0.940. The number of carboxylic acid groups (broad SMARTS) is 1. The number of hydrogen-bond donors (Lipinski definition) is 2. The molecule has 1 unspecified atom stereocenters. The van der Waals surface area contributed by atoms with E-state index < -0.39 is 16.8 Å². The van der Waals surface area contributed by atoms with E-state index in [0.29, 0.717) is 0 Å². The number of carbonyl (C=O) groups excluding carboxylic acids is 1. The molecule has 0 spiro atoms. The summed E-state index contributed by atoms with van der Waals surface area (Å²) in [4.78, 5) is 32.6. The third kappa shape index (κ3) is 4.75. The van der Waals surface area contributed by atoms with Crippen molar-refractivity contribution in [2.45, 2.75) is 13.3 Å². The number of nitro benzene ring substituents is 1. The number of rotatable bonds is 7. The van der Waals surface area contributed by atoms with Crippen LogP contribution < -0.4 is 10.1 Å². The predicted molar refractivity (Wildman–Crippen MR) is 73.4 cm³/mol. The molecule has 0 fully saturated rings. The number of hydrogen-bond acceptors (Lipinski definition) is 5. The van der Waals surface area contributed by atoms with Gasteiger partial charge in [-0.15, -0.1) is 0 Å². The number of non-ortho nitro benzene ring substituents is 1. The SMILES string of the molecule is COc1cc([N+](=O)[O-])ccc1C(=O)NCC(C)CC(=O)O.